The van der Waals surface area contributed by atoms with Gasteiger partial charge in [-0.25, -0.2) is 0 Å². The van der Waals surface area contributed by atoms with E-state index in [0.717, 1.165) is 17.1 Å². The molecule has 1 saturated carbocycles. The van der Waals surface area contributed by atoms with E-state index in [-0.39, 0.29) is 6.04 Å². The number of nitrogens with two attached hydrogens (primary N) is 1. The quantitative estimate of drug-likeness (QED) is 0.893. The van der Waals surface area contributed by atoms with Crippen molar-refractivity contribution >= 4 is 10.9 Å². The van der Waals surface area contributed by atoms with Crippen LogP contribution in [0.5, 0.6) is 0 Å². The van der Waals surface area contributed by atoms with Crippen LogP contribution in [-0.2, 0) is 0 Å². The van der Waals surface area contributed by atoms with E-state index in [9.17, 15) is 0 Å². The van der Waals surface area contributed by atoms with Crippen LogP contribution in [0.1, 0.15) is 50.8 Å². The largest absolute Gasteiger partial charge is 0.322 e. The molecule has 3 atom stereocenters. The lowest BCUT2D eigenvalue weighted by Gasteiger charge is -2.34. The van der Waals surface area contributed by atoms with Crippen molar-refractivity contribution in [3.8, 4) is 0 Å². The molecular formula is C18H24N2. The van der Waals surface area contributed by atoms with Crippen molar-refractivity contribution in [3.63, 3.8) is 0 Å². The Morgan fingerprint density at radius 3 is 2.80 bits per heavy atom. The van der Waals surface area contributed by atoms with Crippen LogP contribution >= 0.6 is 0 Å². The number of aromatic nitrogens is 1. The molecule has 2 N–H and O–H groups in total. The van der Waals surface area contributed by atoms with Crippen LogP contribution in [0.4, 0.5) is 0 Å². The third-order valence-corrected chi connectivity index (χ3v) is 4.91. The lowest BCUT2D eigenvalue weighted by molar-refractivity contribution is 0.195. The molecular weight excluding hydrogens is 244 g/mol. The molecule has 2 heteroatoms. The van der Waals surface area contributed by atoms with E-state index in [1.807, 2.05) is 6.07 Å². The zero-order valence-corrected chi connectivity index (χ0v) is 12.3. The average Bonchev–Trinajstić information content (AvgIpc) is 2.53. The first kappa shape index (κ1) is 13.6. The molecule has 3 unspecified atom stereocenters. The summed E-state index contributed by atoms with van der Waals surface area (Å²) in [5.74, 6) is 1.37. The zero-order chi connectivity index (χ0) is 13.9. The molecule has 0 saturated heterocycles. The number of fused-ring (bicyclic) bond motifs is 1. The molecule has 106 valence electrons. The predicted molar refractivity (Wildman–Crippen MR) is 84.4 cm³/mol. The maximum atomic E-state index is 6.56. The molecule has 1 aliphatic rings. The Hall–Kier alpha value is -1.41. The Morgan fingerprint density at radius 2 is 1.95 bits per heavy atom. The minimum absolute atomic E-state index is 0.0878. The first-order chi connectivity index (χ1) is 9.79. The molecule has 1 aliphatic carbocycles. The van der Waals surface area contributed by atoms with E-state index in [1.54, 1.807) is 0 Å². The maximum absolute atomic E-state index is 6.56. The molecule has 0 amide bonds. The number of pyridine rings is 1. The summed E-state index contributed by atoms with van der Waals surface area (Å²) in [6, 6.07) is 12.6. The van der Waals surface area contributed by atoms with E-state index in [0.29, 0.717) is 5.92 Å². The normalized spacial score (nSPS) is 24.7. The highest BCUT2D eigenvalue weighted by molar-refractivity contribution is 5.78. The molecule has 1 aromatic heterocycles. The van der Waals surface area contributed by atoms with Gasteiger partial charge in [0.1, 0.15) is 0 Å². The number of nitrogens with zero attached hydrogens (tertiary/aromatic N) is 1. The van der Waals surface area contributed by atoms with Gasteiger partial charge in [0.2, 0.25) is 0 Å². The summed E-state index contributed by atoms with van der Waals surface area (Å²) in [7, 11) is 0. The van der Waals surface area contributed by atoms with Crippen molar-refractivity contribution in [1.29, 1.82) is 0 Å². The molecule has 20 heavy (non-hydrogen) atoms. The Kier molecular flexibility index (Phi) is 4.02. The fourth-order valence-corrected chi connectivity index (χ4v) is 3.70. The number of rotatable bonds is 3. The summed E-state index contributed by atoms with van der Waals surface area (Å²) in [6.07, 6.45) is 6.53. The zero-order valence-electron chi connectivity index (χ0n) is 12.3. The highest BCUT2D eigenvalue weighted by Crippen LogP contribution is 2.38. The van der Waals surface area contributed by atoms with E-state index in [1.165, 1.54) is 37.5 Å². The van der Waals surface area contributed by atoms with Crippen LogP contribution in [0.15, 0.2) is 36.4 Å². The number of benzene rings is 1. The summed E-state index contributed by atoms with van der Waals surface area (Å²) < 4.78 is 0. The van der Waals surface area contributed by atoms with Crippen molar-refractivity contribution in [2.45, 2.75) is 45.1 Å². The van der Waals surface area contributed by atoms with Gasteiger partial charge in [0.25, 0.3) is 0 Å². The van der Waals surface area contributed by atoms with Crippen molar-refractivity contribution in [1.82, 2.24) is 4.98 Å². The second-order valence-corrected chi connectivity index (χ2v) is 6.07. The van der Waals surface area contributed by atoms with Gasteiger partial charge >= 0.3 is 0 Å². The molecule has 0 spiro atoms. The van der Waals surface area contributed by atoms with Gasteiger partial charge in [0.15, 0.2) is 0 Å². The van der Waals surface area contributed by atoms with Gasteiger partial charge in [-0.05, 0) is 30.4 Å². The van der Waals surface area contributed by atoms with Crippen molar-refractivity contribution in [2.75, 3.05) is 0 Å². The van der Waals surface area contributed by atoms with Crippen LogP contribution in [0.2, 0.25) is 0 Å². The second-order valence-electron chi connectivity index (χ2n) is 6.07. The maximum Gasteiger partial charge on any atom is 0.0706 e. The standard InChI is InChI=1S/C18H24N2/c1-2-13-7-3-5-9-15(13)18(19)17-12-11-14-8-4-6-10-16(14)20-17/h4,6,8,10-13,15,18H,2-3,5,7,9,19H2,1H3. The summed E-state index contributed by atoms with van der Waals surface area (Å²) >= 11 is 0. The number of para-hydroxylation sites is 1. The van der Waals surface area contributed by atoms with Gasteiger partial charge in [-0.2, -0.15) is 0 Å². The summed E-state index contributed by atoms with van der Waals surface area (Å²) in [5, 5.41) is 1.19. The van der Waals surface area contributed by atoms with Gasteiger partial charge < -0.3 is 5.73 Å². The Balaban J connectivity index is 1.89. The van der Waals surface area contributed by atoms with E-state index in [2.05, 4.69) is 37.3 Å². The van der Waals surface area contributed by atoms with Crippen LogP contribution in [-0.4, -0.2) is 4.98 Å². The average molecular weight is 268 g/mol. The van der Waals surface area contributed by atoms with Crippen molar-refractivity contribution < 1.29 is 0 Å². The molecule has 1 fully saturated rings. The van der Waals surface area contributed by atoms with Crippen LogP contribution in [0.25, 0.3) is 10.9 Å². The SMILES string of the molecule is CCC1CCCCC1C(N)c1ccc2ccccc2n1. The topological polar surface area (TPSA) is 38.9 Å². The predicted octanol–water partition coefficient (Wildman–Crippen LogP) is 4.45. The molecule has 1 aromatic carbocycles. The molecule has 0 radical (unpaired) electrons. The minimum atomic E-state index is 0.0878. The summed E-state index contributed by atoms with van der Waals surface area (Å²) in [5.41, 5.74) is 8.69. The number of hydrogen-bond donors (Lipinski definition) is 1. The van der Waals surface area contributed by atoms with E-state index in [4.69, 9.17) is 10.7 Å². The third-order valence-electron chi connectivity index (χ3n) is 4.91. The monoisotopic (exact) mass is 268 g/mol. The minimum Gasteiger partial charge on any atom is -0.322 e. The first-order valence-electron chi connectivity index (χ1n) is 7.91. The highest BCUT2D eigenvalue weighted by atomic mass is 14.8. The summed E-state index contributed by atoms with van der Waals surface area (Å²) in [6.45, 7) is 2.30. The molecule has 2 nitrogen and oxygen atoms in total. The van der Waals surface area contributed by atoms with E-state index >= 15 is 0 Å². The smallest absolute Gasteiger partial charge is 0.0706 e. The third kappa shape index (κ3) is 2.57. The van der Waals surface area contributed by atoms with Crippen molar-refractivity contribution in [3.05, 3.63) is 42.1 Å². The fraction of sp³-hybridized carbons (Fsp3) is 0.500. The number of hydrogen-bond acceptors (Lipinski definition) is 2. The Bertz CT molecular complexity index is 578. The van der Waals surface area contributed by atoms with Gasteiger partial charge in [-0.1, -0.05) is 56.9 Å². The fourth-order valence-electron chi connectivity index (χ4n) is 3.70. The molecule has 3 rings (SSSR count). The van der Waals surface area contributed by atoms with Crippen LogP contribution in [0, 0.1) is 11.8 Å². The first-order valence-corrected chi connectivity index (χ1v) is 7.91. The second kappa shape index (κ2) is 5.92. The van der Waals surface area contributed by atoms with Gasteiger partial charge in [-0.3, -0.25) is 4.98 Å². The molecule has 0 aliphatic heterocycles. The Labute approximate surface area is 121 Å². The lowest BCUT2D eigenvalue weighted by Crippen LogP contribution is -2.31. The molecule has 2 aromatic rings. The van der Waals surface area contributed by atoms with E-state index < -0.39 is 0 Å². The van der Waals surface area contributed by atoms with Gasteiger partial charge in [-0.15, -0.1) is 0 Å². The van der Waals surface area contributed by atoms with Gasteiger partial charge in [0.05, 0.1) is 17.3 Å². The molecule has 1 heterocycles. The van der Waals surface area contributed by atoms with Crippen LogP contribution < -0.4 is 5.73 Å². The van der Waals surface area contributed by atoms with Gasteiger partial charge in [0, 0.05) is 5.39 Å². The van der Waals surface area contributed by atoms with Crippen molar-refractivity contribution in [2.24, 2.45) is 17.6 Å². The Morgan fingerprint density at radius 1 is 1.15 bits per heavy atom. The lowest BCUT2D eigenvalue weighted by atomic mass is 9.73. The van der Waals surface area contributed by atoms with Crippen LogP contribution in [0.3, 0.4) is 0 Å². The highest BCUT2D eigenvalue weighted by Gasteiger charge is 2.30. The summed E-state index contributed by atoms with van der Waals surface area (Å²) in [4.78, 5) is 4.79. The molecule has 0 bridgehead atoms.